The molecule has 1 saturated heterocycles. The zero-order chi connectivity index (χ0) is 25.2. The molecule has 2 aromatic carbocycles. The van der Waals surface area contributed by atoms with Crippen molar-refractivity contribution in [3.05, 3.63) is 65.8 Å². The SMILES string of the molecule is CC(=O)N1CCC(C(=O)N(Cc2ccc(-c3nnc(C(F)(F)F)o3)cc2F)c2ccccc2)CC1. The fourth-order valence-electron chi connectivity index (χ4n) is 4.00. The molecule has 11 heteroatoms. The molecule has 0 spiro atoms. The highest BCUT2D eigenvalue weighted by Gasteiger charge is 2.38. The Bertz CT molecular complexity index is 1200. The van der Waals surface area contributed by atoms with Crippen LogP contribution in [0.25, 0.3) is 11.5 Å². The van der Waals surface area contributed by atoms with Crippen LogP contribution in [-0.2, 0) is 22.3 Å². The van der Waals surface area contributed by atoms with Crippen molar-refractivity contribution in [1.82, 2.24) is 15.1 Å². The Kier molecular flexibility index (Phi) is 6.86. The number of piperidine rings is 1. The topological polar surface area (TPSA) is 79.5 Å². The number of carbonyl (C=O) groups excluding carboxylic acids is 2. The first kappa shape index (κ1) is 24.4. The summed E-state index contributed by atoms with van der Waals surface area (Å²) in [6.07, 6.45) is -3.80. The zero-order valence-corrected chi connectivity index (χ0v) is 18.8. The van der Waals surface area contributed by atoms with Gasteiger partial charge in [-0.25, -0.2) is 4.39 Å². The molecule has 1 aromatic heterocycles. The van der Waals surface area contributed by atoms with Crippen LogP contribution in [0.5, 0.6) is 0 Å². The van der Waals surface area contributed by atoms with Crippen LogP contribution in [0.4, 0.5) is 23.2 Å². The first-order valence-corrected chi connectivity index (χ1v) is 10.9. The monoisotopic (exact) mass is 490 g/mol. The minimum Gasteiger partial charge on any atom is -0.413 e. The van der Waals surface area contributed by atoms with E-state index in [0.29, 0.717) is 31.6 Å². The molecule has 1 fully saturated rings. The zero-order valence-electron chi connectivity index (χ0n) is 18.8. The molecule has 0 aliphatic carbocycles. The Hall–Kier alpha value is -3.76. The van der Waals surface area contributed by atoms with Gasteiger partial charge in [-0.15, -0.1) is 10.2 Å². The van der Waals surface area contributed by atoms with E-state index in [4.69, 9.17) is 0 Å². The molecule has 35 heavy (non-hydrogen) atoms. The molecule has 0 unspecified atom stereocenters. The lowest BCUT2D eigenvalue weighted by Crippen LogP contribution is -2.43. The summed E-state index contributed by atoms with van der Waals surface area (Å²) in [5.41, 5.74) is 0.743. The van der Waals surface area contributed by atoms with Gasteiger partial charge < -0.3 is 14.2 Å². The fraction of sp³-hybridized carbons (Fsp3) is 0.333. The van der Waals surface area contributed by atoms with Gasteiger partial charge in [0.15, 0.2) is 0 Å². The maximum atomic E-state index is 15.0. The van der Waals surface area contributed by atoms with Gasteiger partial charge in [0.2, 0.25) is 17.7 Å². The van der Waals surface area contributed by atoms with Crippen LogP contribution in [0.2, 0.25) is 0 Å². The molecule has 0 atom stereocenters. The van der Waals surface area contributed by atoms with Crippen molar-refractivity contribution in [3.8, 4) is 11.5 Å². The van der Waals surface area contributed by atoms with Crippen molar-refractivity contribution in [1.29, 1.82) is 0 Å². The number of rotatable bonds is 5. The van der Waals surface area contributed by atoms with Crippen LogP contribution >= 0.6 is 0 Å². The standard InChI is InChI=1S/C24H22F4N4O3/c1-15(33)31-11-9-16(10-12-31)22(34)32(19-5-3-2-4-6-19)14-18-8-7-17(13-20(18)25)21-29-30-23(35-21)24(26,27)28/h2-8,13,16H,9-12,14H2,1H3. The van der Waals surface area contributed by atoms with Gasteiger partial charge in [0.1, 0.15) is 5.82 Å². The van der Waals surface area contributed by atoms with E-state index in [-0.39, 0.29) is 35.4 Å². The van der Waals surface area contributed by atoms with E-state index in [1.807, 2.05) is 0 Å². The van der Waals surface area contributed by atoms with E-state index < -0.39 is 23.8 Å². The molecule has 2 amide bonds. The van der Waals surface area contributed by atoms with Crippen LogP contribution < -0.4 is 4.90 Å². The van der Waals surface area contributed by atoms with Crippen molar-refractivity contribution in [2.24, 2.45) is 5.92 Å². The number of halogens is 4. The smallest absolute Gasteiger partial charge is 0.413 e. The highest BCUT2D eigenvalue weighted by molar-refractivity contribution is 5.95. The first-order valence-electron chi connectivity index (χ1n) is 10.9. The second kappa shape index (κ2) is 9.85. The minimum atomic E-state index is -4.80. The van der Waals surface area contributed by atoms with Crippen molar-refractivity contribution in [2.75, 3.05) is 18.0 Å². The third kappa shape index (κ3) is 5.50. The lowest BCUT2D eigenvalue weighted by molar-refractivity contribution is -0.157. The second-order valence-electron chi connectivity index (χ2n) is 8.26. The van der Waals surface area contributed by atoms with Gasteiger partial charge in [-0.1, -0.05) is 24.3 Å². The van der Waals surface area contributed by atoms with Crippen LogP contribution in [0.1, 0.15) is 31.2 Å². The normalized spacial score (nSPS) is 14.7. The van der Waals surface area contributed by atoms with E-state index in [1.165, 1.54) is 24.0 Å². The lowest BCUT2D eigenvalue weighted by atomic mass is 9.94. The van der Waals surface area contributed by atoms with E-state index in [9.17, 15) is 22.8 Å². The van der Waals surface area contributed by atoms with E-state index in [1.54, 1.807) is 35.2 Å². The summed E-state index contributed by atoms with van der Waals surface area (Å²) in [4.78, 5) is 28.2. The number of likely N-dealkylation sites (tertiary alicyclic amines) is 1. The highest BCUT2D eigenvalue weighted by Crippen LogP contribution is 2.31. The quantitative estimate of drug-likeness (QED) is 0.485. The van der Waals surface area contributed by atoms with Crippen molar-refractivity contribution >= 4 is 17.5 Å². The van der Waals surface area contributed by atoms with Gasteiger partial charge in [-0.05, 0) is 37.1 Å². The molecule has 0 saturated carbocycles. The van der Waals surface area contributed by atoms with Crippen molar-refractivity contribution in [2.45, 2.75) is 32.5 Å². The average Bonchev–Trinajstić information content (AvgIpc) is 3.35. The number of carbonyl (C=O) groups is 2. The van der Waals surface area contributed by atoms with Gasteiger partial charge in [-0.3, -0.25) is 9.59 Å². The van der Waals surface area contributed by atoms with Gasteiger partial charge in [0, 0.05) is 42.7 Å². The average molecular weight is 490 g/mol. The van der Waals surface area contributed by atoms with Gasteiger partial charge in [0.25, 0.3) is 0 Å². The number of benzene rings is 2. The molecular formula is C24H22F4N4O3. The predicted octanol–water partition coefficient (Wildman–Crippen LogP) is 4.69. The molecule has 7 nitrogen and oxygen atoms in total. The Labute approximate surface area is 198 Å². The van der Waals surface area contributed by atoms with Gasteiger partial charge >= 0.3 is 12.1 Å². The number of anilines is 1. The van der Waals surface area contributed by atoms with Gasteiger partial charge in [-0.2, -0.15) is 13.2 Å². The Morgan fingerprint density at radius 1 is 1.09 bits per heavy atom. The van der Waals surface area contributed by atoms with Crippen LogP contribution in [0.3, 0.4) is 0 Å². The van der Waals surface area contributed by atoms with Crippen LogP contribution in [-0.4, -0.2) is 40.0 Å². The largest absolute Gasteiger partial charge is 0.470 e. The number of alkyl halides is 3. The molecular weight excluding hydrogens is 468 g/mol. The second-order valence-corrected chi connectivity index (χ2v) is 8.26. The fourth-order valence-corrected chi connectivity index (χ4v) is 4.00. The minimum absolute atomic E-state index is 0.0107. The number of hydrogen-bond acceptors (Lipinski definition) is 5. The number of aromatic nitrogens is 2. The summed E-state index contributed by atoms with van der Waals surface area (Å²) < 4.78 is 57.8. The maximum Gasteiger partial charge on any atom is 0.470 e. The number of amides is 2. The molecule has 184 valence electrons. The van der Waals surface area contributed by atoms with Crippen molar-refractivity contribution < 1.29 is 31.6 Å². The summed E-state index contributed by atoms with van der Waals surface area (Å²) in [6.45, 7) is 2.35. The number of nitrogens with zero attached hydrogens (tertiary/aromatic N) is 4. The Morgan fingerprint density at radius 2 is 1.77 bits per heavy atom. The summed E-state index contributed by atoms with van der Waals surface area (Å²) >= 11 is 0. The molecule has 0 N–H and O–H groups in total. The number of hydrogen-bond donors (Lipinski definition) is 0. The lowest BCUT2D eigenvalue weighted by Gasteiger charge is -2.34. The highest BCUT2D eigenvalue weighted by atomic mass is 19.4. The van der Waals surface area contributed by atoms with Crippen LogP contribution in [0.15, 0.2) is 52.9 Å². The number of para-hydroxylation sites is 1. The summed E-state index contributed by atoms with van der Waals surface area (Å²) in [6, 6.07) is 12.6. The molecule has 0 radical (unpaired) electrons. The molecule has 3 aromatic rings. The molecule has 1 aliphatic rings. The van der Waals surface area contributed by atoms with E-state index >= 15 is 4.39 Å². The Balaban J connectivity index is 1.56. The maximum absolute atomic E-state index is 15.0. The molecule has 4 rings (SSSR count). The first-order chi connectivity index (χ1) is 16.6. The molecule has 1 aliphatic heterocycles. The third-order valence-corrected chi connectivity index (χ3v) is 5.92. The third-order valence-electron chi connectivity index (χ3n) is 5.92. The van der Waals surface area contributed by atoms with Crippen molar-refractivity contribution in [3.63, 3.8) is 0 Å². The molecule has 0 bridgehead atoms. The predicted molar refractivity (Wildman–Crippen MR) is 117 cm³/mol. The Morgan fingerprint density at radius 3 is 2.34 bits per heavy atom. The summed E-state index contributed by atoms with van der Waals surface area (Å²) in [7, 11) is 0. The van der Waals surface area contributed by atoms with E-state index in [2.05, 4.69) is 14.6 Å². The van der Waals surface area contributed by atoms with Crippen LogP contribution in [0, 0.1) is 11.7 Å². The molecule has 2 heterocycles. The van der Waals surface area contributed by atoms with E-state index in [0.717, 1.165) is 6.07 Å². The summed E-state index contributed by atoms with van der Waals surface area (Å²) in [5, 5.41) is 6.30. The van der Waals surface area contributed by atoms with Gasteiger partial charge in [0.05, 0.1) is 6.54 Å². The summed E-state index contributed by atoms with van der Waals surface area (Å²) in [5.74, 6) is -3.26.